The van der Waals surface area contributed by atoms with E-state index >= 15 is 0 Å². The molecule has 3 rings (SSSR count). The van der Waals surface area contributed by atoms with Gasteiger partial charge in [0.25, 0.3) is 5.91 Å². The largest absolute Gasteiger partial charge is 0.393 e. The van der Waals surface area contributed by atoms with Crippen molar-refractivity contribution in [2.75, 3.05) is 11.9 Å². The molecule has 5 N–H and O–H groups in total. The summed E-state index contributed by atoms with van der Waals surface area (Å²) < 4.78 is 29.7. The van der Waals surface area contributed by atoms with Gasteiger partial charge in [-0.15, -0.1) is 11.3 Å². The number of carbonyl (C=O) groups is 1. The highest BCUT2D eigenvalue weighted by atomic mass is 32.1. The van der Waals surface area contributed by atoms with Crippen LogP contribution in [0.15, 0.2) is 41.6 Å². The second kappa shape index (κ2) is 10.1. The van der Waals surface area contributed by atoms with Crippen LogP contribution in [0.2, 0.25) is 0 Å². The minimum absolute atomic E-state index is 0.00865. The Bertz CT molecular complexity index is 1240. The number of pyridine rings is 1. The molecule has 2 aromatic heterocycles. The van der Waals surface area contributed by atoms with Crippen LogP contribution in [0.4, 0.5) is 19.6 Å². The second-order valence-corrected chi connectivity index (χ2v) is 10.0. The molecule has 0 saturated heterocycles. The van der Waals surface area contributed by atoms with Gasteiger partial charge in [0.05, 0.1) is 34.2 Å². The van der Waals surface area contributed by atoms with Crippen LogP contribution in [-0.4, -0.2) is 39.5 Å². The summed E-state index contributed by atoms with van der Waals surface area (Å²) >= 11 is 0.927. The van der Waals surface area contributed by atoms with Crippen LogP contribution in [-0.2, 0) is 10.4 Å². The zero-order chi connectivity index (χ0) is 26.0. The minimum Gasteiger partial charge on any atom is -0.393 e. The molecule has 0 aliphatic carbocycles. The summed E-state index contributed by atoms with van der Waals surface area (Å²) in [5.74, 6) is -2.23. The molecule has 1 aromatic carbocycles. The number of thiophene rings is 1. The molecule has 186 valence electrons. The topological polar surface area (TPSA) is 130 Å². The molecule has 3 aromatic rings. The molecule has 0 fully saturated rings. The van der Waals surface area contributed by atoms with Gasteiger partial charge in [0, 0.05) is 4.88 Å². The van der Waals surface area contributed by atoms with Crippen LogP contribution in [0.25, 0.3) is 10.4 Å². The number of rotatable bonds is 9. The van der Waals surface area contributed by atoms with Crippen LogP contribution in [0.5, 0.6) is 0 Å². The number of oxime groups is 1. The van der Waals surface area contributed by atoms with Crippen molar-refractivity contribution in [3.63, 3.8) is 0 Å². The number of aliphatic hydroxyl groups is 2. The second-order valence-electron chi connectivity index (χ2n) is 8.98. The fraction of sp³-hybridized carbons (Fsp3) is 0.292. The van der Waals surface area contributed by atoms with Gasteiger partial charge in [-0.05, 0) is 63.6 Å². The Balaban J connectivity index is 1.90. The summed E-state index contributed by atoms with van der Waals surface area (Å²) in [5, 5.41) is 26.7. The van der Waals surface area contributed by atoms with E-state index in [1.807, 2.05) is 0 Å². The summed E-state index contributed by atoms with van der Waals surface area (Å²) in [4.78, 5) is 21.5. The van der Waals surface area contributed by atoms with E-state index in [0.717, 1.165) is 23.5 Å². The molecule has 35 heavy (non-hydrogen) atoms. The number of anilines is 2. The Labute approximate surface area is 205 Å². The van der Waals surface area contributed by atoms with Crippen LogP contribution in [0.1, 0.15) is 49.3 Å². The summed E-state index contributed by atoms with van der Waals surface area (Å²) in [6.45, 7) is 5.99. The van der Waals surface area contributed by atoms with Crippen molar-refractivity contribution in [1.29, 1.82) is 0 Å². The Morgan fingerprint density at radius 3 is 2.43 bits per heavy atom. The number of aromatic nitrogens is 1. The lowest BCUT2D eigenvalue weighted by Crippen LogP contribution is -2.24. The van der Waals surface area contributed by atoms with Crippen LogP contribution >= 0.6 is 11.3 Å². The number of nitrogens with two attached hydrogens (primary N) is 1. The predicted molar refractivity (Wildman–Crippen MR) is 131 cm³/mol. The number of primary amides is 1. The summed E-state index contributed by atoms with van der Waals surface area (Å²) in [6.07, 6.45) is 1.35. The molecule has 1 amide bonds. The van der Waals surface area contributed by atoms with Gasteiger partial charge in [0.15, 0.2) is 0 Å². The van der Waals surface area contributed by atoms with Crippen molar-refractivity contribution in [2.45, 2.75) is 38.9 Å². The number of hydrogen-bond donors (Lipinski definition) is 4. The first-order valence-corrected chi connectivity index (χ1v) is 11.3. The maximum atomic E-state index is 14.8. The van der Waals surface area contributed by atoms with Crippen LogP contribution in [0.3, 0.4) is 0 Å². The first kappa shape index (κ1) is 26.2. The van der Waals surface area contributed by atoms with Crippen LogP contribution in [0, 0.1) is 11.6 Å². The van der Waals surface area contributed by atoms with Gasteiger partial charge in [0.1, 0.15) is 29.1 Å². The maximum Gasteiger partial charge on any atom is 0.251 e. The molecule has 0 radical (unpaired) electrons. The Kier molecular flexibility index (Phi) is 7.53. The Morgan fingerprint density at radius 1 is 1.20 bits per heavy atom. The molecule has 8 nitrogen and oxygen atoms in total. The average molecular weight is 505 g/mol. The molecule has 0 bridgehead atoms. The molecule has 0 saturated carbocycles. The highest BCUT2D eigenvalue weighted by Crippen LogP contribution is 2.40. The standard InChI is InChI=1S/C24H26F2N4O4S/c1-23(2,32)12-34-28-11-14-6-5-7-19(29-14)30-22-15(21(27)31)10-18(35-22)20-16(25)8-13(9-17(20)26)24(3,4)33/h5-11,32-33H,12H2,1-4H3,(H2,27,31)(H,29,30)/b28-11+. The zero-order valence-electron chi connectivity index (χ0n) is 19.6. The molecular weight excluding hydrogens is 478 g/mol. The van der Waals surface area contributed by atoms with Crippen LogP contribution < -0.4 is 11.1 Å². The van der Waals surface area contributed by atoms with Crippen molar-refractivity contribution in [3.05, 3.63) is 64.9 Å². The fourth-order valence-electron chi connectivity index (χ4n) is 2.95. The maximum absolute atomic E-state index is 14.8. The van der Waals surface area contributed by atoms with E-state index in [1.54, 1.807) is 32.0 Å². The van der Waals surface area contributed by atoms with E-state index in [9.17, 15) is 23.8 Å². The molecule has 0 spiro atoms. The molecule has 0 unspecified atom stereocenters. The van der Waals surface area contributed by atoms with Gasteiger partial charge in [-0.1, -0.05) is 11.2 Å². The number of nitrogens with zero attached hydrogens (tertiary/aromatic N) is 2. The third-order valence-corrected chi connectivity index (χ3v) is 5.75. The smallest absolute Gasteiger partial charge is 0.251 e. The normalized spacial score (nSPS) is 12.2. The van der Waals surface area contributed by atoms with Crippen molar-refractivity contribution < 1.29 is 28.6 Å². The Morgan fingerprint density at radius 2 is 1.86 bits per heavy atom. The summed E-state index contributed by atoms with van der Waals surface area (Å²) in [6, 6.07) is 8.37. The van der Waals surface area contributed by atoms with Crippen molar-refractivity contribution in [3.8, 4) is 10.4 Å². The molecule has 0 atom stereocenters. The first-order chi connectivity index (χ1) is 16.2. The number of carbonyl (C=O) groups excluding carboxylic acids is 1. The third-order valence-electron chi connectivity index (χ3n) is 4.68. The quantitative estimate of drug-likeness (QED) is 0.254. The average Bonchev–Trinajstić information content (AvgIpc) is 3.13. The number of amides is 1. The van der Waals surface area contributed by atoms with Gasteiger partial charge in [-0.25, -0.2) is 13.8 Å². The number of nitrogens with one attached hydrogen (secondary N) is 1. The molecule has 11 heteroatoms. The van der Waals surface area contributed by atoms with E-state index < -0.39 is 28.7 Å². The highest BCUT2D eigenvalue weighted by molar-refractivity contribution is 7.20. The highest BCUT2D eigenvalue weighted by Gasteiger charge is 2.24. The van der Waals surface area contributed by atoms with Crippen molar-refractivity contribution >= 4 is 34.3 Å². The van der Waals surface area contributed by atoms with Gasteiger partial charge in [-0.2, -0.15) is 0 Å². The summed E-state index contributed by atoms with van der Waals surface area (Å²) in [7, 11) is 0. The molecule has 2 heterocycles. The number of benzene rings is 1. The van der Waals surface area contributed by atoms with E-state index in [-0.39, 0.29) is 33.2 Å². The van der Waals surface area contributed by atoms with E-state index in [1.165, 1.54) is 26.1 Å². The monoisotopic (exact) mass is 504 g/mol. The Hall–Kier alpha value is -3.41. The number of halogens is 2. The van der Waals surface area contributed by atoms with Crippen molar-refractivity contribution in [2.24, 2.45) is 10.9 Å². The van der Waals surface area contributed by atoms with Crippen molar-refractivity contribution in [1.82, 2.24) is 4.98 Å². The lowest BCUT2D eigenvalue weighted by Gasteiger charge is -2.18. The molecule has 0 aliphatic rings. The number of hydrogen-bond acceptors (Lipinski definition) is 8. The first-order valence-electron chi connectivity index (χ1n) is 10.5. The van der Waals surface area contributed by atoms with Gasteiger partial charge >= 0.3 is 0 Å². The SMILES string of the molecule is CC(C)(O)CO/N=C/c1cccc(Nc2sc(-c3c(F)cc(C(C)(C)O)cc3F)cc2C(N)=O)n1. The predicted octanol–water partition coefficient (Wildman–Crippen LogP) is 4.28. The zero-order valence-corrected chi connectivity index (χ0v) is 20.4. The van der Waals surface area contributed by atoms with Gasteiger partial charge in [-0.3, -0.25) is 4.79 Å². The third kappa shape index (κ3) is 6.81. The van der Waals surface area contributed by atoms with E-state index in [4.69, 9.17) is 10.6 Å². The molecule has 0 aliphatic heterocycles. The minimum atomic E-state index is -1.43. The lowest BCUT2D eigenvalue weighted by molar-refractivity contribution is -0.0185. The van der Waals surface area contributed by atoms with Gasteiger partial charge < -0.3 is 26.1 Å². The van der Waals surface area contributed by atoms with E-state index in [0.29, 0.717) is 11.5 Å². The molecular formula is C24H26F2N4O4S. The fourth-order valence-corrected chi connectivity index (χ4v) is 4.07. The summed E-state index contributed by atoms with van der Waals surface area (Å²) in [5.41, 5.74) is 3.22. The van der Waals surface area contributed by atoms with E-state index in [2.05, 4.69) is 15.5 Å². The lowest BCUT2D eigenvalue weighted by atomic mass is 9.96. The van der Waals surface area contributed by atoms with Gasteiger partial charge in [0.2, 0.25) is 0 Å².